The zero-order chi connectivity index (χ0) is 14.0. The first-order valence-electron chi connectivity index (χ1n) is 5.01. The number of aromatic nitrogens is 3. The number of rotatable bonds is 3. The van der Waals surface area contributed by atoms with Gasteiger partial charge in [-0.1, -0.05) is 0 Å². The predicted octanol–water partition coefficient (Wildman–Crippen LogP) is 2.73. The van der Waals surface area contributed by atoms with Gasteiger partial charge in [-0.15, -0.1) is 0 Å². The Balaban J connectivity index is 2.36. The van der Waals surface area contributed by atoms with E-state index in [0.29, 0.717) is 0 Å². The van der Waals surface area contributed by atoms with Gasteiger partial charge in [-0.2, -0.15) is 15.0 Å². The van der Waals surface area contributed by atoms with Crippen LogP contribution in [0.2, 0.25) is 5.28 Å². The molecule has 2 aromatic rings. The number of hydrogen-bond acceptors (Lipinski definition) is 5. The van der Waals surface area contributed by atoms with Gasteiger partial charge in [0.2, 0.25) is 17.2 Å². The Hall–Kier alpha value is -2.09. The standard InChI is InChI=1S/C10H7ClF3N5/c1-15-9-17-8(11)18-10(19-9)16-5-3-2-4(12)6(13)7(5)14/h2-3H,1H3,(H2,15,16,17,18,19). The Bertz CT molecular complexity index is 622. The second kappa shape index (κ2) is 5.27. The topological polar surface area (TPSA) is 62.7 Å². The molecule has 0 spiro atoms. The number of hydrogen-bond donors (Lipinski definition) is 2. The smallest absolute Gasteiger partial charge is 0.233 e. The van der Waals surface area contributed by atoms with Crippen molar-refractivity contribution in [1.82, 2.24) is 15.0 Å². The molecule has 0 bridgehead atoms. The minimum Gasteiger partial charge on any atom is -0.357 e. The van der Waals surface area contributed by atoms with Gasteiger partial charge < -0.3 is 10.6 Å². The lowest BCUT2D eigenvalue weighted by atomic mass is 10.3. The maximum atomic E-state index is 13.4. The highest BCUT2D eigenvalue weighted by molar-refractivity contribution is 6.28. The van der Waals surface area contributed by atoms with E-state index in [2.05, 4.69) is 25.6 Å². The molecule has 1 aromatic heterocycles. The number of anilines is 3. The summed E-state index contributed by atoms with van der Waals surface area (Å²) in [6.07, 6.45) is 0. The number of nitrogens with one attached hydrogen (secondary N) is 2. The van der Waals surface area contributed by atoms with Crippen molar-refractivity contribution < 1.29 is 13.2 Å². The molecule has 100 valence electrons. The highest BCUT2D eigenvalue weighted by Gasteiger charge is 2.14. The van der Waals surface area contributed by atoms with Crippen LogP contribution in [0.3, 0.4) is 0 Å². The van der Waals surface area contributed by atoms with Gasteiger partial charge in [0.05, 0.1) is 5.69 Å². The van der Waals surface area contributed by atoms with E-state index in [9.17, 15) is 13.2 Å². The summed E-state index contributed by atoms with van der Waals surface area (Å²) in [5.74, 6) is -4.20. The Kier molecular flexibility index (Phi) is 3.70. The molecule has 1 heterocycles. The summed E-state index contributed by atoms with van der Waals surface area (Å²) in [5.41, 5.74) is -0.316. The molecule has 0 unspecified atom stereocenters. The monoisotopic (exact) mass is 289 g/mol. The van der Waals surface area contributed by atoms with E-state index in [1.165, 1.54) is 0 Å². The van der Waals surface area contributed by atoms with Gasteiger partial charge >= 0.3 is 0 Å². The fourth-order valence-electron chi connectivity index (χ4n) is 1.26. The maximum absolute atomic E-state index is 13.4. The molecule has 0 atom stereocenters. The Morgan fingerprint density at radius 2 is 1.68 bits per heavy atom. The van der Waals surface area contributed by atoms with Crippen LogP contribution in [0.15, 0.2) is 12.1 Å². The van der Waals surface area contributed by atoms with Crippen molar-refractivity contribution in [2.45, 2.75) is 0 Å². The number of halogens is 4. The van der Waals surface area contributed by atoms with Crippen LogP contribution < -0.4 is 10.6 Å². The van der Waals surface area contributed by atoms with Crippen molar-refractivity contribution in [3.63, 3.8) is 0 Å². The SMILES string of the molecule is CNc1nc(Cl)nc(Nc2ccc(F)c(F)c2F)n1. The second-order valence-corrected chi connectivity index (χ2v) is 3.69. The molecule has 9 heteroatoms. The summed E-state index contributed by atoms with van der Waals surface area (Å²) in [7, 11) is 1.55. The van der Waals surface area contributed by atoms with Crippen LogP contribution in [0.25, 0.3) is 0 Å². The average Bonchev–Trinajstić information content (AvgIpc) is 2.39. The molecule has 1 aromatic carbocycles. The summed E-state index contributed by atoms with van der Waals surface area (Å²) in [5, 5.41) is 4.87. The van der Waals surface area contributed by atoms with Crippen molar-refractivity contribution >= 4 is 29.2 Å². The van der Waals surface area contributed by atoms with Crippen molar-refractivity contribution in [3.05, 3.63) is 34.9 Å². The third-order valence-electron chi connectivity index (χ3n) is 2.11. The maximum Gasteiger partial charge on any atom is 0.233 e. The quantitative estimate of drug-likeness (QED) is 0.851. The van der Waals surface area contributed by atoms with E-state index < -0.39 is 17.5 Å². The third-order valence-corrected chi connectivity index (χ3v) is 2.28. The van der Waals surface area contributed by atoms with Crippen LogP contribution >= 0.6 is 11.6 Å². The van der Waals surface area contributed by atoms with Gasteiger partial charge in [0.1, 0.15) is 0 Å². The van der Waals surface area contributed by atoms with E-state index >= 15 is 0 Å². The summed E-state index contributed by atoms with van der Waals surface area (Å²) in [6, 6.07) is 1.80. The highest BCUT2D eigenvalue weighted by Crippen LogP contribution is 2.22. The lowest BCUT2D eigenvalue weighted by molar-refractivity contribution is 0.449. The molecular weight excluding hydrogens is 283 g/mol. The molecule has 19 heavy (non-hydrogen) atoms. The minimum absolute atomic E-state index is 0.103. The van der Waals surface area contributed by atoms with Crippen LogP contribution in [0, 0.1) is 17.5 Å². The lowest BCUT2D eigenvalue weighted by Gasteiger charge is -2.08. The van der Waals surface area contributed by atoms with Gasteiger partial charge in [-0.25, -0.2) is 13.2 Å². The zero-order valence-electron chi connectivity index (χ0n) is 9.51. The molecule has 0 amide bonds. The van der Waals surface area contributed by atoms with Gasteiger partial charge in [-0.3, -0.25) is 0 Å². The second-order valence-electron chi connectivity index (χ2n) is 3.35. The highest BCUT2D eigenvalue weighted by atomic mass is 35.5. The van der Waals surface area contributed by atoms with Crippen molar-refractivity contribution in [2.75, 3.05) is 17.7 Å². The van der Waals surface area contributed by atoms with Gasteiger partial charge in [0, 0.05) is 7.05 Å². The minimum atomic E-state index is -1.58. The van der Waals surface area contributed by atoms with Crippen molar-refractivity contribution in [3.8, 4) is 0 Å². The molecule has 0 aliphatic carbocycles. The van der Waals surface area contributed by atoms with Crippen LogP contribution in [-0.4, -0.2) is 22.0 Å². The summed E-state index contributed by atoms with van der Waals surface area (Å²) >= 11 is 5.62. The van der Waals surface area contributed by atoms with Crippen LogP contribution in [0.5, 0.6) is 0 Å². The van der Waals surface area contributed by atoms with Crippen LogP contribution in [-0.2, 0) is 0 Å². The molecule has 2 rings (SSSR count). The lowest BCUT2D eigenvalue weighted by Crippen LogP contribution is -2.05. The average molecular weight is 290 g/mol. The first-order chi connectivity index (χ1) is 9.01. The van der Waals surface area contributed by atoms with Gasteiger partial charge in [0.25, 0.3) is 0 Å². The Morgan fingerprint density at radius 3 is 2.37 bits per heavy atom. The molecular formula is C10H7ClF3N5. The molecule has 0 saturated heterocycles. The summed E-state index contributed by atoms with van der Waals surface area (Å²) in [6.45, 7) is 0. The third kappa shape index (κ3) is 2.84. The van der Waals surface area contributed by atoms with E-state index in [0.717, 1.165) is 12.1 Å². The van der Waals surface area contributed by atoms with Crippen molar-refractivity contribution in [1.29, 1.82) is 0 Å². The van der Waals surface area contributed by atoms with Gasteiger partial charge in [-0.05, 0) is 23.7 Å². The summed E-state index contributed by atoms with van der Waals surface area (Å²) < 4.78 is 39.2. The fourth-order valence-corrected chi connectivity index (χ4v) is 1.42. The van der Waals surface area contributed by atoms with E-state index in [4.69, 9.17) is 11.6 Å². The molecule has 0 saturated carbocycles. The fraction of sp³-hybridized carbons (Fsp3) is 0.100. The number of nitrogens with zero attached hydrogens (tertiary/aromatic N) is 3. The van der Waals surface area contributed by atoms with E-state index in [1.54, 1.807) is 7.05 Å². The predicted molar refractivity (Wildman–Crippen MR) is 64.0 cm³/mol. The molecule has 0 fully saturated rings. The van der Waals surface area contributed by atoms with E-state index in [-0.39, 0.29) is 22.9 Å². The van der Waals surface area contributed by atoms with Crippen LogP contribution in [0.1, 0.15) is 0 Å². The molecule has 5 nitrogen and oxygen atoms in total. The number of benzene rings is 1. The van der Waals surface area contributed by atoms with Crippen LogP contribution in [0.4, 0.5) is 30.8 Å². The van der Waals surface area contributed by atoms with E-state index in [1.807, 2.05) is 0 Å². The first kappa shape index (κ1) is 13.3. The first-order valence-corrected chi connectivity index (χ1v) is 5.39. The normalized spacial score (nSPS) is 10.4. The Morgan fingerprint density at radius 1 is 1.00 bits per heavy atom. The Labute approximate surface area is 110 Å². The zero-order valence-corrected chi connectivity index (χ0v) is 10.3. The summed E-state index contributed by atoms with van der Waals surface area (Å²) in [4.78, 5) is 11.2. The van der Waals surface area contributed by atoms with Gasteiger partial charge in [0.15, 0.2) is 17.5 Å². The molecule has 2 N–H and O–H groups in total. The molecule has 0 aliphatic rings. The molecule has 0 aliphatic heterocycles. The van der Waals surface area contributed by atoms with Crippen molar-refractivity contribution in [2.24, 2.45) is 0 Å². The largest absolute Gasteiger partial charge is 0.357 e. The molecule has 0 radical (unpaired) electrons.